The van der Waals surface area contributed by atoms with Gasteiger partial charge in [-0.3, -0.25) is 14.2 Å². The fraction of sp³-hybridized carbons (Fsp3) is 0.0952. The second-order valence-corrected chi connectivity index (χ2v) is 7.29. The number of carbonyl (C=O) groups is 1. The van der Waals surface area contributed by atoms with Gasteiger partial charge in [-0.2, -0.15) is 0 Å². The number of hydrogen-bond donors (Lipinski definition) is 1. The van der Waals surface area contributed by atoms with E-state index in [-0.39, 0.29) is 23.5 Å². The molecule has 0 saturated carbocycles. The molecule has 1 N–H and O–H groups in total. The lowest BCUT2D eigenvalue weighted by Crippen LogP contribution is -2.24. The van der Waals surface area contributed by atoms with Crippen molar-refractivity contribution in [2.45, 2.75) is 11.7 Å². The van der Waals surface area contributed by atoms with Gasteiger partial charge in [-0.1, -0.05) is 23.9 Å². The SMILES string of the molecule is O=C(CSc1nc2ccccc2c(=O)n1Cc1ccco1)Nc1ccc(F)cc1F. The molecule has 0 aliphatic rings. The number of furan rings is 1. The molecule has 0 aliphatic carbocycles. The number of aromatic nitrogens is 2. The van der Waals surface area contributed by atoms with Crippen molar-refractivity contribution in [3.8, 4) is 0 Å². The summed E-state index contributed by atoms with van der Waals surface area (Å²) in [7, 11) is 0. The van der Waals surface area contributed by atoms with Crippen molar-refractivity contribution in [1.82, 2.24) is 9.55 Å². The molecule has 0 bridgehead atoms. The Bertz CT molecular complexity index is 1270. The summed E-state index contributed by atoms with van der Waals surface area (Å²) in [6, 6.07) is 13.3. The molecule has 4 aromatic rings. The molecule has 9 heteroatoms. The highest BCUT2D eigenvalue weighted by molar-refractivity contribution is 7.99. The van der Waals surface area contributed by atoms with Crippen molar-refractivity contribution >= 4 is 34.3 Å². The molecule has 2 heterocycles. The average Bonchev–Trinajstić information content (AvgIpc) is 3.24. The number of carbonyl (C=O) groups excluding carboxylic acids is 1. The van der Waals surface area contributed by atoms with Crippen LogP contribution in [0.5, 0.6) is 0 Å². The molecule has 0 unspecified atom stereocenters. The predicted molar refractivity (Wildman–Crippen MR) is 110 cm³/mol. The van der Waals surface area contributed by atoms with Crippen LogP contribution in [0.3, 0.4) is 0 Å². The number of fused-ring (bicyclic) bond motifs is 1. The zero-order chi connectivity index (χ0) is 21.1. The Labute approximate surface area is 173 Å². The summed E-state index contributed by atoms with van der Waals surface area (Å²) in [4.78, 5) is 29.7. The van der Waals surface area contributed by atoms with Crippen LogP contribution in [0.25, 0.3) is 10.9 Å². The maximum atomic E-state index is 13.7. The summed E-state index contributed by atoms with van der Waals surface area (Å²) in [5.74, 6) is -1.68. The van der Waals surface area contributed by atoms with Gasteiger partial charge < -0.3 is 9.73 Å². The highest BCUT2D eigenvalue weighted by atomic mass is 32.2. The van der Waals surface area contributed by atoms with Gasteiger partial charge in [0.1, 0.15) is 17.4 Å². The summed E-state index contributed by atoms with van der Waals surface area (Å²) in [6.07, 6.45) is 1.51. The monoisotopic (exact) mass is 427 g/mol. The number of nitrogens with one attached hydrogen (secondary N) is 1. The van der Waals surface area contributed by atoms with E-state index >= 15 is 0 Å². The lowest BCUT2D eigenvalue weighted by atomic mass is 10.2. The zero-order valence-corrected chi connectivity index (χ0v) is 16.3. The van der Waals surface area contributed by atoms with Gasteiger partial charge in [0.2, 0.25) is 5.91 Å². The Morgan fingerprint density at radius 2 is 1.97 bits per heavy atom. The van der Waals surface area contributed by atoms with Crippen molar-refractivity contribution in [2.24, 2.45) is 0 Å². The number of anilines is 1. The van der Waals surface area contributed by atoms with Crippen molar-refractivity contribution in [3.63, 3.8) is 0 Å². The van der Waals surface area contributed by atoms with Crippen LogP contribution in [0.2, 0.25) is 0 Å². The molecule has 0 aliphatic heterocycles. The van der Waals surface area contributed by atoms with Crippen LogP contribution < -0.4 is 10.9 Å². The van der Waals surface area contributed by atoms with Crippen LogP contribution in [-0.2, 0) is 11.3 Å². The first-order valence-electron chi connectivity index (χ1n) is 8.91. The minimum Gasteiger partial charge on any atom is -0.467 e. The Morgan fingerprint density at radius 1 is 1.13 bits per heavy atom. The van der Waals surface area contributed by atoms with Crippen molar-refractivity contribution in [1.29, 1.82) is 0 Å². The zero-order valence-electron chi connectivity index (χ0n) is 15.5. The second-order valence-electron chi connectivity index (χ2n) is 6.34. The van der Waals surface area contributed by atoms with E-state index in [1.807, 2.05) is 0 Å². The molecular weight excluding hydrogens is 412 g/mol. The number of thioether (sulfide) groups is 1. The van der Waals surface area contributed by atoms with Crippen LogP contribution in [0.15, 0.2) is 75.2 Å². The molecule has 0 spiro atoms. The van der Waals surface area contributed by atoms with Gasteiger partial charge >= 0.3 is 0 Å². The van der Waals surface area contributed by atoms with E-state index < -0.39 is 17.5 Å². The summed E-state index contributed by atoms with van der Waals surface area (Å²) in [5, 5.41) is 3.16. The first-order chi connectivity index (χ1) is 14.5. The van der Waals surface area contributed by atoms with E-state index in [1.165, 1.54) is 10.8 Å². The van der Waals surface area contributed by atoms with Gasteiger partial charge in [-0.05, 0) is 36.4 Å². The Balaban J connectivity index is 1.59. The van der Waals surface area contributed by atoms with E-state index in [2.05, 4.69) is 10.3 Å². The topological polar surface area (TPSA) is 77.1 Å². The first kappa shape index (κ1) is 19.8. The van der Waals surface area contributed by atoms with Crippen LogP contribution in [0.4, 0.5) is 14.5 Å². The number of para-hydroxylation sites is 1. The molecule has 4 rings (SSSR count). The van der Waals surface area contributed by atoms with E-state index in [9.17, 15) is 18.4 Å². The van der Waals surface area contributed by atoms with Crippen LogP contribution in [0.1, 0.15) is 5.76 Å². The molecule has 2 aromatic heterocycles. The third-order valence-corrected chi connectivity index (χ3v) is 5.23. The fourth-order valence-corrected chi connectivity index (χ4v) is 3.66. The molecule has 6 nitrogen and oxygen atoms in total. The van der Waals surface area contributed by atoms with Crippen molar-refractivity contribution in [3.05, 3.63) is 88.6 Å². The summed E-state index contributed by atoms with van der Waals surface area (Å²) in [5.41, 5.74) is 0.122. The third kappa shape index (κ3) is 4.25. The number of halogens is 2. The van der Waals surface area contributed by atoms with Crippen molar-refractivity contribution < 1.29 is 18.0 Å². The molecule has 2 aromatic carbocycles. The molecule has 152 valence electrons. The standard InChI is InChI=1S/C21H15F2N3O3S/c22-13-7-8-18(16(23)10-13)24-19(27)12-30-21-25-17-6-2-1-5-15(17)20(28)26(21)11-14-4-3-9-29-14/h1-10H,11-12H2,(H,24,27). The lowest BCUT2D eigenvalue weighted by molar-refractivity contribution is -0.113. The predicted octanol–water partition coefficient (Wildman–Crippen LogP) is 4.05. The first-order valence-corrected chi connectivity index (χ1v) is 9.89. The average molecular weight is 427 g/mol. The summed E-state index contributed by atoms with van der Waals surface area (Å²) < 4.78 is 33.5. The van der Waals surface area contributed by atoms with Gasteiger partial charge in [-0.25, -0.2) is 13.8 Å². The van der Waals surface area contributed by atoms with Gasteiger partial charge in [-0.15, -0.1) is 0 Å². The van der Waals surface area contributed by atoms with Gasteiger partial charge in [0.05, 0.1) is 35.2 Å². The Hall–Kier alpha value is -3.46. The van der Waals surface area contributed by atoms with Crippen LogP contribution in [-0.4, -0.2) is 21.2 Å². The third-order valence-electron chi connectivity index (χ3n) is 4.26. The highest BCUT2D eigenvalue weighted by Gasteiger charge is 2.15. The molecule has 0 radical (unpaired) electrons. The number of nitrogens with zero attached hydrogens (tertiary/aromatic N) is 2. The minimum absolute atomic E-state index is 0.124. The van der Waals surface area contributed by atoms with E-state index in [0.717, 1.165) is 23.9 Å². The summed E-state index contributed by atoms with van der Waals surface area (Å²) in [6.45, 7) is 0.153. The number of hydrogen-bond acceptors (Lipinski definition) is 5. The van der Waals surface area contributed by atoms with Crippen molar-refractivity contribution in [2.75, 3.05) is 11.1 Å². The molecule has 0 saturated heterocycles. The van der Waals surface area contributed by atoms with Crippen LogP contribution in [0, 0.1) is 11.6 Å². The van der Waals surface area contributed by atoms with Gasteiger partial charge in [0, 0.05) is 6.07 Å². The van der Waals surface area contributed by atoms with Gasteiger partial charge in [0.15, 0.2) is 5.16 Å². The van der Waals surface area contributed by atoms with E-state index in [1.54, 1.807) is 36.4 Å². The van der Waals surface area contributed by atoms with Gasteiger partial charge in [0.25, 0.3) is 5.56 Å². The van der Waals surface area contributed by atoms with Crippen LogP contribution >= 0.6 is 11.8 Å². The number of amides is 1. The summed E-state index contributed by atoms with van der Waals surface area (Å²) >= 11 is 1.04. The molecule has 30 heavy (non-hydrogen) atoms. The van der Waals surface area contributed by atoms with E-state index in [0.29, 0.717) is 27.9 Å². The minimum atomic E-state index is -0.869. The second kappa shape index (κ2) is 8.50. The smallest absolute Gasteiger partial charge is 0.262 e. The molecular formula is C21H15F2N3O3S. The normalized spacial score (nSPS) is 11.0. The molecule has 0 atom stereocenters. The van der Waals surface area contributed by atoms with E-state index in [4.69, 9.17) is 4.42 Å². The molecule has 0 fully saturated rings. The Kier molecular flexibility index (Phi) is 5.62. The fourth-order valence-electron chi connectivity index (χ4n) is 2.86. The largest absolute Gasteiger partial charge is 0.467 e. The highest BCUT2D eigenvalue weighted by Crippen LogP contribution is 2.20. The number of benzene rings is 2. The maximum absolute atomic E-state index is 13.7. The molecule has 1 amide bonds. The lowest BCUT2D eigenvalue weighted by Gasteiger charge is -2.12. The maximum Gasteiger partial charge on any atom is 0.262 e. The Morgan fingerprint density at radius 3 is 2.73 bits per heavy atom. The quantitative estimate of drug-likeness (QED) is 0.371. The number of rotatable bonds is 6.